The molecule has 1 unspecified atom stereocenters. The van der Waals surface area contributed by atoms with E-state index in [1.165, 1.54) is 12.1 Å². The predicted octanol–water partition coefficient (Wildman–Crippen LogP) is 0.221. The topological polar surface area (TPSA) is 116 Å². The maximum absolute atomic E-state index is 12.2. The van der Waals surface area contributed by atoms with Crippen LogP contribution in [0, 0.1) is 11.3 Å². The summed E-state index contributed by atoms with van der Waals surface area (Å²) in [6.07, 6.45) is 0.0709. The van der Waals surface area contributed by atoms with Gasteiger partial charge in [-0.1, -0.05) is 18.2 Å². The van der Waals surface area contributed by atoms with Crippen LogP contribution < -0.4 is 4.72 Å². The van der Waals surface area contributed by atoms with Gasteiger partial charge in [-0.3, -0.25) is 4.79 Å². The molecule has 1 atom stereocenters. The minimum Gasteiger partial charge on any atom is -0.480 e. The Balaban J connectivity index is 2.23. The van der Waals surface area contributed by atoms with Crippen LogP contribution in [-0.2, 0) is 25.3 Å². The molecule has 8 heteroatoms. The zero-order chi connectivity index (χ0) is 15.5. The molecular formula is C13H14N2O5S. The van der Waals surface area contributed by atoms with Crippen molar-refractivity contribution in [2.45, 2.75) is 17.7 Å². The number of hydrogen-bond donors (Lipinski definition) is 2. The van der Waals surface area contributed by atoms with Gasteiger partial charge in [0.2, 0.25) is 10.0 Å². The normalized spacial score (nSPS) is 21.9. The van der Waals surface area contributed by atoms with Crippen LogP contribution in [0.2, 0.25) is 0 Å². The maximum Gasteiger partial charge on any atom is 0.327 e. The fourth-order valence-electron chi connectivity index (χ4n) is 2.15. The van der Waals surface area contributed by atoms with Crippen LogP contribution in [0.3, 0.4) is 0 Å². The van der Waals surface area contributed by atoms with Crippen molar-refractivity contribution in [1.29, 1.82) is 5.26 Å². The first-order valence-corrected chi connectivity index (χ1v) is 7.85. The lowest BCUT2D eigenvalue weighted by atomic mass is 10.0. The van der Waals surface area contributed by atoms with Crippen LogP contribution in [0.15, 0.2) is 24.3 Å². The van der Waals surface area contributed by atoms with Crippen LogP contribution in [0.1, 0.15) is 17.5 Å². The van der Waals surface area contributed by atoms with E-state index in [1.807, 2.05) is 6.07 Å². The average molecular weight is 310 g/mol. The quantitative estimate of drug-likeness (QED) is 0.803. The van der Waals surface area contributed by atoms with Crippen molar-refractivity contribution in [1.82, 2.24) is 4.72 Å². The molecular weight excluding hydrogens is 296 g/mol. The second-order valence-corrected chi connectivity index (χ2v) is 6.54. The van der Waals surface area contributed by atoms with Gasteiger partial charge >= 0.3 is 5.97 Å². The number of nitrogens with one attached hydrogen (secondary N) is 1. The number of nitrogens with zero attached hydrogens (tertiary/aromatic N) is 1. The average Bonchev–Trinajstić information content (AvgIpc) is 2.88. The van der Waals surface area contributed by atoms with Gasteiger partial charge < -0.3 is 9.84 Å². The lowest BCUT2D eigenvalue weighted by Crippen LogP contribution is -2.55. The first-order chi connectivity index (χ1) is 9.88. The zero-order valence-corrected chi connectivity index (χ0v) is 11.9. The van der Waals surface area contributed by atoms with Crippen LogP contribution in [0.25, 0.3) is 0 Å². The van der Waals surface area contributed by atoms with Crippen LogP contribution >= 0.6 is 0 Å². The van der Waals surface area contributed by atoms with Crippen LogP contribution in [0.5, 0.6) is 0 Å². The molecule has 1 aromatic carbocycles. The van der Waals surface area contributed by atoms with Gasteiger partial charge in [-0.15, -0.1) is 0 Å². The minimum absolute atomic E-state index is 0.0709. The Bertz CT molecular complexity index is 687. The van der Waals surface area contributed by atoms with Crippen molar-refractivity contribution in [2.75, 3.05) is 13.2 Å². The molecule has 2 rings (SSSR count). The molecule has 21 heavy (non-hydrogen) atoms. The molecule has 0 aromatic heterocycles. The van der Waals surface area contributed by atoms with Gasteiger partial charge in [0.25, 0.3) is 0 Å². The second-order valence-electron chi connectivity index (χ2n) is 4.82. The predicted molar refractivity (Wildman–Crippen MR) is 72.7 cm³/mol. The molecule has 0 saturated carbocycles. The molecule has 1 aromatic rings. The van der Waals surface area contributed by atoms with Crippen molar-refractivity contribution in [2.24, 2.45) is 0 Å². The van der Waals surface area contributed by atoms with E-state index in [9.17, 15) is 18.3 Å². The summed E-state index contributed by atoms with van der Waals surface area (Å²) in [5, 5.41) is 18.2. The number of carboxylic acids is 1. The third-order valence-electron chi connectivity index (χ3n) is 3.27. The number of hydrogen-bond acceptors (Lipinski definition) is 5. The fraction of sp³-hybridized carbons (Fsp3) is 0.385. The molecule has 112 valence electrons. The highest BCUT2D eigenvalue weighted by molar-refractivity contribution is 7.88. The summed E-state index contributed by atoms with van der Waals surface area (Å²) in [5.74, 6) is -1.72. The standard InChI is InChI=1S/C13H14N2O5S/c14-7-10-3-1-2-4-11(10)8-21(18,19)15-13(12(16)17)5-6-20-9-13/h1-4,15H,5-6,8-9H2,(H,16,17). The third-order valence-corrected chi connectivity index (χ3v) is 4.66. The summed E-state index contributed by atoms with van der Waals surface area (Å²) in [6.45, 7) is -0.0228. The molecule has 1 fully saturated rings. The van der Waals surface area contributed by atoms with Gasteiger partial charge in [0.1, 0.15) is 0 Å². The Kier molecular flexibility index (Phi) is 4.27. The summed E-state index contributed by atoms with van der Waals surface area (Å²) in [7, 11) is -3.92. The van der Waals surface area contributed by atoms with E-state index < -0.39 is 27.3 Å². The molecule has 1 aliphatic heterocycles. The number of benzene rings is 1. The van der Waals surface area contributed by atoms with Gasteiger partial charge in [-0.25, -0.2) is 8.42 Å². The number of rotatable bonds is 5. The molecule has 1 heterocycles. The van der Waals surface area contributed by atoms with Gasteiger partial charge in [0.05, 0.1) is 24.0 Å². The highest BCUT2D eigenvalue weighted by atomic mass is 32.2. The number of ether oxygens (including phenoxy) is 1. The fourth-order valence-corrected chi connectivity index (χ4v) is 3.73. The highest BCUT2D eigenvalue weighted by Crippen LogP contribution is 2.21. The van der Waals surface area contributed by atoms with E-state index in [4.69, 9.17) is 10.00 Å². The van der Waals surface area contributed by atoms with Gasteiger partial charge in [-0.2, -0.15) is 9.98 Å². The monoisotopic (exact) mass is 310 g/mol. The van der Waals surface area contributed by atoms with Crippen LogP contribution in [0.4, 0.5) is 0 Å². The molecule has 1 aliphatic rings. The molecule has 0 bridgehead atoms. The van der Waals surface area contributed by atoms with Crippen LogP contribution in [-0.4, -0.2) is 38.2 Å². The number of aliphatic carboxylic acids is 1. The van der Waals surface area contributed by atoms with Crippen molar-refractivity contribution in [3.63, 3.8) is 0 Å². The smallest absolute Gasteiger partial charge is 0.327 e. The Labute approximate surface area is 122 Å². The van der Waals surface area contributed by atoms with Crippen molar-refractivity contribution >= 4 is 16.0 Å². The Morgan fingerprint density at radius 2 is 2.19 bits per heavy atom. The van der Waals surface area contributed by atoms with E-state index in [2.05, 4.69) is 4.72 Å². The first kappa shape index (κ1) is 15.4. The molecule has 0 aliphatic carbocycles. The molecule has 0 amide bonds. The Hall–Kier alpha value is -1.95. The molecule has 0 spiro atoms. The van der Waals surface area contributed by atoms with Gasteiger partial charge in [0, 0.05) is 13.0 Å². The first-order valence-electron chi connectivity index (χ1n) is 6.19. The molecule has 1 saturated heterocycles. The number of carboxylic acid groups (broad SMARTS) is 1. The number of sulfonamides is 1. The van der Waals surface area contributed by atoms with Gasteiger partial charge in [0.15, 0.2) is 5.54 Å². The molecule has 0 radical (unpaired) electrons. The van der Waals surface area contributed by atoms with E-state index in [0.717, 1.165) is 0 Å². The SMILES string of the molecule is N#Cc1ccccc1CS(=O)(=O)NC1(C(=O)O)CCOC1. The lowest BCUT2D eigenvalue weighted by molar-refractivity contribution is -0.144. The van der Waals surface area contributed by atoms with Crippen molar-refractivity contribution in [3.8, 4) is 6.07 Å². The largest absolute Gasteiger partial charge is 0.480 e. The van der Waals surface area contributed by atoms with E-state index in [-0.39, 0.29) is 25.2 Å². The number of nitriles is 1. The summed E-state index contributed by atoms with van der Waals surface area (Å²) in [4.78, 5) is 11.3. The Morgan fingerprint density at radius 1 is 1.48 bits per heavy atom. The second kappa shape index (κ2) is 5.81. The summed E-state index contributed by atoms with van der Waals surface area (Å²) in [6, 6.07) is 8.20. The summed E-state index contributed by atoms with van der Waals surface area (Å²) >= 11 is 0. The highest BCUT2D eigenvalue weighted by Gasteiger charge is 2.45. The summed E-state index contributed by atoms with van der Waals surface area (Å²) < 4.78 is 31.6. The molecule has 2 N–H and O–H groups in total. The van der Waals surface area contributed by atoms with E-state index >= 15 is 0 Å². The maximum atomic E-state index is 12.2. The Morgan fingerprint density at radius 3 is 2.76 bits per heavy atom. The van der Waals surface area contributed by atoms with Crippen molar-refractivity contribution in [3.05, 3.63) is 35.4 Å². The summed E-state index contributed by atoms with van der Waals surface area (Å²) in [5.41, 5.74) is -1.05. The van der Waals surface area contributed by atoms with Crippen molar-refractivity contribution < 1.29 is 23.1 Å². The van der Waals surface area contributed by atoms with E-state index in [0.29, 0.717) is 5.56 Å². The van der Waals surface area contributed by atoms with Gasteiger partial charge in [-0.05, 0) is 11.6 Å². The lowest BCUT2D eigenvalue weighted by Gasteiger charge is -2.23. The van der Waals surface area contributed by atoms with E-state index in [1.54, 1.807) is 12.1 Å². The molecule has 7 nitrogen and oxygen atoms in total. The zero-order valence-electron chi connectivity index (χ0n) is 11.1. The third kappa shape index (κ3) is 3.39. The number of carbonyl (C=O) groups is 1. The minimum atomic E-state index is -3.92.